The van der Waals surface area contributed by atoms with Crippen molar-refractivity contribution in [1.29, 1.82) is 0 Å². The minimum Gasteiger partial charge on any atom is -0.483 e. The predicted molar refractivity (Wildman–Crippen MR) is 106 cm³/mol. The van der Waals surface area contributed by atoms with E-state index in [2.05, 4.69) is 27.9 Å². The molecule has 0 atom stereocenters. The number of hydrogen-bond acceptors (Lipinski definition) is 4. The highest BCUT2D eigenvalue weighted by molar-refractivity contribution is 14.1. The molecule has 7 heteroatoms. The summed E-state index contributed by atoms with van der Waals surface area (Å²) in [4.78, 5) is 26.5. The van der Waals surface area contributed by atoms with E-state index in [0.29, 0.717) is 43.3 Å². The molecule has 1 N–H and O–H groups in total. The van der Waals surface area contributed by atoms with Gasteiger partial charge < -0.3 is 19.7 Å². The van der Waals surface area contributed by atoms with E-state index in [1.165, 1.54) is 0 Å². The highest BCUT2D eigenvalue weighted by Crippen LogP contribution is 2.21. The molecule has 2 aromatic rings. The van der Waals surface area contributed by atoms with E-state index >= 15 is 0 Å². The lowest BCUT2D eigenvalue weighted by Gasteiger charge is -2.27. The number of hydrogen-bond donors (Lipinski definition) is 1. The summed E-state index contributed by atoms with van der Waals surface area (Å²) >= 11 is 2.18. The lowest BCUT2D eigenvalue weighted by Crippen LogP contribution is -2.40. The fourth-order valence-electron chi connectivity index (χ4n) is 2.61. The number of halogens is 1. The molecule has 0 aromatic heterocycles. The van der Waals surface area contributed by atoms with Gasteiger partial charge in [0.05, 0.1) is 18.8 Å². The Morgan fingerprint density at radius 1 is 1.12 bits per heavy atom. The van der Waals surface area contributed by atoms with Gasteiger partial charge in [0.2, 0.25) is 0 Å². The van der Waals surface area contributed by atoms with Crippen molar-refractivity contribution in [2.75, 3.05) is 38.2 Å². The normalized spacial score (nSPS) is 14.0. The summed E-state index contributed by atoms with van der Waals surface area (Å²) in [6.45, 7) is 2.01. The van der Waals surface area contributed by atoms with Crippen molar-refractivity contribution in [3.8, 4) is 5.75 Å². The van der Waals surface area contributed by atoms with Crippen LogP contribution in [0.25, 0.3) is 0 Å². The SMILES string of the molecule is O=C(COc1ccccc1C(=O)N1CCOCC1)Nc1cccc(I)c1. The molecular weight excluding hydrogens is 447 g/mol. The summed E-state index contributed by atoms with van der Waals surface area (Å²) in [7, 11) is 0. The molecule has 136 valence electrons. The van der Waals surface area contributed by atoms with Crippen LogP contribution in [-0.2, 0) is 9.53 Å². The zero-order chi connectivity index (χ0) is 18.4. The van der Waals surface area contributed by atoms with E-state index in [1.54, 1.807) is 29.2 Å². The highest BCUT2D eigenvalue weighted by Gasteiger charge is 2.21. The van der Waals surface area contributed by atoms with E-state index in [0.717, 1.165) is 3.57 Å². The second-order valence-corrected chi connectivity index (χ2v) is 6.99. The summed E-state index contributed by atoms with van der Waals surface area (Å²) in [6.07, 6.45) is 0. The number of morpholine rings is 1. The molecule has 1 aliphatic heterocycles. The van der Waals surface area contributed by atoms with Gasteiger partial charge in [0.25, 0.3) is 11.8 Å². The molecule has 1 aliphatic rings. The van der Waals surface area contributed by atoms with Gasteiger partial charge in [-0.1, -0.05) is 18.2 Å². The third-order valence-corrected chi connectivity index (χ3v) is 4.55. The maximum absolute atomic E-state index is 12.7. The number of nitrogens with one attached hydrogen (secondary N) is 1. The molecule has 1 heterocycles. The molecule has 0 radical (unpaired) electrons. The summed E-state index contributed by atoms with van der Waals surface area (Å²) < 4.78 is 11.9. The molecule has 0 aliphatic carbocycles. The Morgan fingerprint density at radius 2 is 1.88 bits per heavy atom. The molecule has 0 unspecified atom stereocenters. The smallest absolute Gasteiger partial charge is 0.262 e. The summed E-state index contributed by atoms with van der Waals surface area (Å²) in [5.74, 6) is 0.0179. The summed E-state index contributed by atoms with van der Waals surface area (Å²) in [5, 5.41) is 2.78. The van der Waals surface area contributed by atoms with Crippen LogP contribution in [0.1, 0.15) is 10.4 Å². The van der Waals surface area contributed by atoms with E-state index < -0.39 is 0 Å². The molecule has 0 saturated carbocycles. The number of carbonyl (C=O) groups excluding carboxylic acids is 2. The average Bonchev–Trinajstić information content (AvgIpc) is 2.67. The molecule has 0 spiro atoms. The summed E-state index contributed by atoms with van der Waals surface area (Å²) in [6, 6.07) is 14.5. The van der Waals surface area contributed by atoms with E-state index in [4.69, 9.17) is 9.47 Å². The van der Waals surface area contributed by atoms with Gasteiger partial charge in [0.15, 0.2) is 6.61 Å². The first-order chi connectivity index (χ1) is 12.6. The van der Waals surface area contributed by atoms with Gasteiger partial charge in [0, 0.05) is 22.3 Å². The third kappa shape index (κ3) is 4.95. The van der Waals surface area contributed by atoms with Gasteiger partial charge in [-0.3, -0.25) is 9.59 Å². The average molecular weight is 466 g/mol. The van der Waals surface area contributed by atoms with Crippen molar-refractivity contribution in [1.82, 2.24) is 4.90 Å². The molecule has 6 nitrogen and oxygen atoms in total. The Hall–Kier alpha value is -2.13. The standard InChI is InChI=1S/C19H19IN2O4/c20-14-4-3-5-15(12-14)21-18(23)13-26-17-7-2-1-6-16(17)19(24)22-8-10-25-11-9-22/h1-7,12H,8-11,13H2,(H,21,23). The van der Waals surface area contributed by atoms with Gasteiger partial charge in [-0.05, 0) is 52.9 Å². The van der Waals surface area contributed by atoms with E-state index in [9.17, 15) is 9.59 Å². The largest absolute Gasteiger partial charge is 0.483 e. The van der Waals surface area contributed by atoms with Crippen LogP contribution in [-0.4, -0.2) is 49.6 Å². The van der Waals surface area contributed by atoms with E-state index in [-0.39, 0.29) is 18.4 Å². The van der Waals surface area contributed by atoms with Gasteiger partial charge in [0.1, 0.15) is 5.75 Å². The Morgan fingerprint density at radius 3 is 2.65 bits per heavy atom. The number of rotatable bonds is 5. The number of carbonyl (C=O) groups is 2. The fourth-order valence-corrected chi connectivity index (χ4v) is 3.16. The van der Waals surface area contributed by atoms with Gasteiger partial charge in [-0.2, -0.15) is 0 Å². The molecule has 0 bridgehead atoms. The van der Waals surface area contributed by atoms with Crippen LogP contribution < -0.4 is 10.1 Å². The second kappa shape index (κ2) is 9.00. The monoisotopic (exact) mass is 466 g/mol. The second-order valence-electron chi connectivity index (χ2n) is 5.75. The van der Waals surface area contributed by atoms with Gasteiger partial charge in [-0.15, -0.1) is 0 Å². The van der Waals surface area contributed by atoms with Crippen LogP contribution in [0.4, 0.5) is 5.69 Å². The Bertz CT molecular complexity index is 791. The van der Waals surface area contributed by atoms with Crippen LogP contribution in [0.5, 0.6) is 5.75 Å². The van der Waals surface area contributed by atoms with E-state index in [1.807, 2.05) is 24.3 Å². The van der Waals surface area contributed by atoms with Crippen molar-refractivity contribution in [2.45, 2.75) is 0 Å². The molecule has 2 aromatic carbocycles. The van der Waals surface area contributed by atoms with Crippen molar-refractivity contribution >= 4 is 40.1 Å². The number of amides is 2. The molecule has 2 amide bonds. The van der Waals surface area contributed by atoms with Crippen LogP contribution in [0.2, 0.25) is 0 Å². The topological polar surface area (TPSA) is 67.9 Å². The highest BCUT2D eigenvalue weighted by atomic mass is 127. The first-order valence-electron chi connectivity index (χ1n) is 8.28. The van der Waals surface area contributed by atoms with Crippen LogP contribution in [0, 0.1) is 3.57 Å². The number of nitrogens with zero attached hydrogens (tertiary/aromatic N) is 1. The summed E-state index contributed by atoms with van der Waals surface area (Å²) in [5.41, 5.74) is 1.17. The Kier molecular flexibility index (Phi) is 6.45. The first kappa shape index (κ1) is 18.7. The van der Waals surface area contributed by atoms with Gasteiger partial charge >= 0.3 is 0 Å². The minimum atomic E-state index is -0.277. The number of para-hydroxylation sites is 1. The number of benzene rings is 2. The zero-order valence-electron chi connectivity index (χ0n) is 14.1. The zero-order valence-corrected chi connectivity index (χ0v) is 16.3. The third-order valence-electron chi connectivity index (χ3n) is 3.88. The van der Waals surface area contributed by atoms with Crippen LogP contribution in [0.3, 0.4) is 0 Å². The fraction of sp³-hybridized carbons (Fsp3) is 0.263. The maximum Gasteiger partial charge on any atom is 0.262 e. The van der Waals surface area contributed by atoms with Crippen molar-refractivity contribution in [3.05, 3.63) is 57.7 Å². The molecule has 1 saturated heterocycles. The molecule has 3 rings (SSSR count). The van der Waals surface area contributed by atoms with Crippen molar-refractivity contribution in [3.63, 3.8) is 0 Å². The van der Waals surface area contributed by atoms with Gasteiger partial charge in [-0.25, -0.2) is 0 Å². The maximum atomic E-state index is 12.7. The Balaban J connectivity index is 1.62. The Labute approximate surface area is 165 Å². The predicted octanol–water partition coefficient (Wildman–Crippen LogP) is 2.78. The number of anilines is 1. The lowest BCUT2D eigenvalue weighted by atomic mass is 10.1. The number of ether oxygens (including phenoxy) is 2. The van der Waals surface area contributed by atoms with Crippen LogP contribution >= 0.6 is 22.6 Å². The molecule has 26 heavy (non-hydrogen) atoms. The van der Waals surface area contributed by atoms with Crippen LogP contribution in [0.15, 0.2) is 48.5 Å². The van der Waals surface area contributed by atoms with Crippen molar-refractivity contribution in [2.24, 2.45) is 0 Å². The minimum absolute atomic E-state index is 0.109. The quantitative estimate of drug-likeness (QED) is 0.689. The molecular formula is C19H19IN2O4. The lowest BCUT2D eigenvalue weighted by molar-refractivity contribution is -0.118. The van der Waals surface area contributed by atoms with Crippen molar-refractivity contribution < 1.29 is 19.1 Å². The molecule has 1 fully saturated rings. The first-order valence-corrected chi connectivity index (χ1v) is 9.35.